The van der Waals surface area contributed by atoms with Crippen LogP contribution in [-0.4, -0.2) is 38.2 Å². The number of rotatable bonds is 4. The van der Waals surface area contributed by atoms with E-state index in [4.69, 9.17) is 9.72 Å². The second-order valence-corrected chi connectivity index (χ2v) is 8.72. The van der Waals surface area contributed by atoms with Gasteiger partial charge in [-0.05, 0) is 31.7 Å². The lowest BCUT2D eigenvalue weighted by atomic mass is 9.94. The van der Waals surface area contributed by atoms with E-state index in [9.17, 15) is 4.79 Å². The average molecular weight is 370 g/mol. The van der Waals surface area contributed by atoms with Crippen LogP contribution in [0.15, 0.2) is 30.3 Å². The minimum Gasteiger partial charge on any atom is -0.358 e. The summed E-state index contributed by atoms with van der Waals surface area (Å²) in [5.74, 6) is 1.51. The number of hydrogen-bond donors (Lipinski definition) is 0. The van der Waals surface area contributed by atoms with Gasteiger partial charge in [-0.15, -0.1) is 0 Å². The number of aromatic nitrogens is 3. The molecule has 27 heavy (non-hydrogen) atoms. The molecule has 6 nitrogen and oxygen atoms in total. The minimum absolute atomic E-state index is 0.00807. The molecule has 0 unspecified atom stereocenters. The van der Waals surface area contributed by atoms with Crippen LogP contribution in [0.3, 0.4) is 0 Å². The van der Waals surface area contributed by atoms with Crippen molar-refractivity contribution >= 4 is 5.91 Å². The van der Waals surface area contributed by atoms with Crippen molar-refractivity contribution in [1.29, 1.82) is 0 Å². The molecule has 1 aromatic heterocycles. The molecule has 1 aliphatic rings. The Hall–Kier alpha value is -2.21. The number of carbonyl (C=O) groups is 1. The van der Waals surface area contributed by atoms with Crippen LogP contribution in [0.4, 0.5) is 0 Å². The number of morpholine rings is 1. The Morgan fingerprint density at radius 3 is 2.48 bits per heavy atom. The Bertz CT molecular complexity index is 792. The van der Waals surface area contributed by atoms with Crippen LogP contribution < -0.4 is 0 Å². The van der Waals surface area contributed by atoms with E-state index in [1.54, 1.807) is 0 Å². The zero-order chi connectivity index (χ0) is 19.8. The predicted octanol–water partition coefficient (Wildman–Crippen LogP) is 3.68. The first-order valence-electron chi connectivity index (χ1n) is 9.56. The minimum atomic E-state index is -0.351. The number of benzene rings is 1. The first kappa shape index (κ1) is 19.5. The molecule has 2 atom stereocenters. The van der Waals surface area contributed by atoms with Crippen molar-refractivity contribution in [3.05, 3.63) is 47.5 Å². The van der Waals surface area contributed by atoms with Crippen LogP contribution in [0.2, 0.25) is 0 Å². The zero-order valence-corrected chi connectivity index (χ0v) is 17.1. The molecule has 2 heterocycles. The van der Waals surface area contributed by atoms with E-state index in [-0.39, 0.29) is 36.1 Å². The summed E-state index contributed by atoms with van der Waals surface area (Å²) in [4.78, 5) is 19.3. The molecular weight excluding hydrogens is 340 g/mol. The summed E-state index contributed by atoms with van der Waals surface area (Å²) >= 11 is 0. The molecule has 0 N–H and O–H groups in total. The highest BCUT2D eigenvalue weighted by Gasteiger charge is 2.42. The van der Waals surface area contributed by atoms with Crippen molar-refractivity contribution in [1.82, 2.24) is 19.7 Å². The van der Waals surface area contributed by atoms with Gasteiger partial charge in [0, 0.05) is 12.6 Å². The van der Waals surface area contributed by atoms with Crippen molar-refractivity contribution < 1.29 is 9.53 Å². The van der Waals surface area contributed by atoms with Gasteiger partial charge in [-0.3, -0.25) is 4.79 Å². The van der Waals surface area contributed by atoms with E-state index < -0.39 is 0 Å². The Kier molecular flexibility index (Phi) is 5.38. The van der Waals surface area contributed by atoms with Crippen LogP contribution in [0.1, 0.15) is 64.0 Å². The zero-order valence-electron chi connectivity index (χ0n) is 17.1. The summed E-state index contributed by atoms with van der Waals surface area (Å²) in [5, 5.41) is 4.61. The maximum Gasteiger partial charge on any atom is 0.249 e. The fourth-order valence-corrected chi connectivity index (χ4v) is 3.69. The topological polar surface area (TPSA) is 60.2 Å². The van der Waals surface area contributed by atoms with Gasteiger partial charge in [-0.25, -0.2) is 9.67 Å². The molecule has 0 spiro atoms. The van der Waals surface area contributed by atoms with E-state index in [2.05, 4.69) is 25.9 Å². The molecule has 1 aromatic carbocycles. The molecule has 0 radical (unpaired) electrons. The van der Waals surface area contributed by atoms with Gasteiger partial charge in [0.25, 0.3) is 0 Å². The van der Waals surface area contributed by atoms with Crippen LogP contribution >= 0.6 is 0 Å². The van der Waals surface area contributed by atoms with Gasteiger partial charge in [-0.1, -0.05) is 51.1 Å². The van der Waals surface area contributed by atoms with Gasteiger partial charge in [0.2, 0.25) is 5.91 Å². The number of amides is 1. The van der Waals surface area contributed by atoms with E-state index in [1.807, 2.05) is 60.7 Å². The Morgan fingerprint density at radius 2 is 1.89 bits per heavy atom. The monoisotopic (exact) mass is 370 g/mol. The third kappa shape index (κ3) is 4.21. The van der Waals surface area contributed by atoms with E-state index >= 15 is 0 Å². The van der Waals surface area contributed by atoms with Crippen molar-refractivity contribution in [2.75, 3.05) is 6.61 Å². The van der Waals surface area contributed by atoms with Crippen LogP contribution in [-0.2, 0) is 16.1 Å². The molecule has 1 amide bonds. The van der Waals surface area contributed by atoms with E-state index in [0.717, 1.165) is 23.8 Å². The molecule has 1 saturated heterocycles. The van der Waals surface area contributed by atoms with Gasteiger partial charge in [0.15, 0.2) is 5.82 Å². The SMILES string of the molecule is Cc1nc([C@H]2OCC(=O)N(C(C)C)[C@@H]2c2ccccc2)n(CC(C)(C)C)n1. The van der Waals surface area contributed by atoms with Crippen molar-refractivity contribution in [2.24, 2.45) is 5.41 Å². The van der Waals surface area contributed by atoms with Crippen LogP contribution in [0.5, 0.6) is 0 Å². The van der Waals surface area contributed by atoms with Crippen molar-refractivity contribution in [2.45, 2.75) is 66.3 Å². The lowest BCUT2D eigenvalue weighted by molar-refractivity contribution is -0.163. The van der Waals surface area contributed by atoms with Gasteiger partial charge in [0.1, 0.15) is 18.5 Å². The fourth-order valence-electron chi connectivity index (χ4n) is 3.69. The van der Waals surface area contributed by atoms with Gasteiger partial charge in [-0.2, -0.15) is 5.10 Å². The highest BCUT2D eigenvalue weighted by Crippen LogP contribution is 2.40. The summed E-state index contributed by atoms with van der Waals surface area (Å²) < 4.78 is 8.03. The van der Waals surface area contributed by atoms with Gasteiger partial charge < -0.3 is 9.64 Å². The molecule has 2 aromatic rings. The highest BCUT2D eigenvalue weighted by atomic mass is 16.5. The molecule has 3 rings (SSSR count). The first-order valence-corrected chi connectivity index (χ1v) is 9.56. The Labute approximate surface area is 161 Å². The van der Waals surface area contributed by atoms with Crippen molar-refractivity contribution in [3.63, 3.8) is 0 Å². The van der Waals surface area contributed by atoms with Gasteiger partial charge >= 0.3 is 0 Å². The molecule has 1 fully saturated rings. The highest BCUT2D eigenvalue weighted by molar-refractivity contribution is 5.79. The standard InChI is InChI=1S/C21H30N4O2/c1-14(2)25-17(26)12-27-19(18(25)16-10-8-7-9-11-16)20-22-15(3)23-24(20)13-21(4,5)6/h7-11,14,18-19H,12-13H2,1-6H3/t18-,19+/m1/s1. The molecular formula is C21H30N4O2. The molecule has 0 bridgehead atoms. The quantitative estimate of drug-likeness (QED) is 0.824. The number of aryl methyl sites for hydroxylation is 1. The molecule has 146 valence electrons. The number of ether oxygens (including phenoxy) is 1. The Morgan fingerprint density at radius 1 is 1.22 bits per heavy atom. The largest absolute Gasteiger partial charge is 0.358 e. The normalized spacial score (nSPS) is 21.1. The second-order valence-electron chi connectivity index (χ2n) is 8.72. The van der Waals surface area contributed by atoms with Crippen LogP contribution in [0.25, 0.3) is 0 Å². The Balaban J connectivity index is 2.09. The lowest BCUT2D eigenvalue weighted by Gasteiger charge is -2.43. The number of nitrogens with zero attached hydrogens (tertiary/aromatic N) is 4. The smallest absolute Gasteiger partial charge is 0.249 e. The van der Waals surface area contributed by atoms with E-state index in [1.165, 1.54) is 0 Å². The second kappa shape index (κ2) is 7.43. The maximum absolute atomic E-state index is 12.7. The lowest BCUT2D eigenvalue weighted by Crippen LogP contribution is -2.49. The third-order valence-corrected chi connectivity index (χ3v) is 4.64. The maximum atomic E-state index is 12.7. The molecule has 0 saturated carbocycles. The summed E-state index contributed by atoms with van der Waals surface area (Å²) in [7, 11) is 0. The van der Waals surface area contributed by atoms with Crippen LogP contribution in [0, 0.1) is 12.3 Å². The summed E-state index contributed by atoms with van der Waals surface area (Å²) in [6.45, 7) is 13.3. The number of hydrogen-bond acceptors (Lipinski definition) is 4. The molecule has 6 heteroatoms. The van der Waals surface area contributed by atoms with E-state index in [0.29, 0.717) is 0 Å². The molecule has 1 aliphatic heterocycles. The first-order chi connectivity index (χ1) is 12.7. The van der Waals surface area contributed by atoms with Gasteiger partial charge in [0.05, 0.1) is 6.04 Å². The molecule has 0 aliphatic carbocycles. The number of carbonyl (C=O) groups excluding carboxylic acids is 1. The predicted molar refractivity (Wildman–Crippen MR) is 104 cm³/mol. The average Bonchev–Trinajstić information content (AvgIpc) is 2.93. The summed E-state index contributed by atoms with van der Waals surface area (Å²) in [5.41, 5.74) is 1.10. The summed E-state index contributed by atoms with van der Waals surface area (Å²) in [6.07, 6.45) is -0.351. The fraction of sp³-hybridized carbons (Fsp3) is 0.571. The summed E-state index contributed by atoms with van der Waals surface area (Å²) in [6, 6.07) is 9.91. The third-order valence-electron chi connectivity index (χ3n) is 4.64. The van der Waals surface area contributed by atoms with Crippen molar-refractivity contribution in [3.8, 4) is 0 Å².